The van der Waals surface area contributed by atoms with Crippen molar-refractivity contribution in [2.45, 2.75) is 37.0 Å². The summed E-state index contributed by atoms with van der Waals surface area (Å²) in [7, 11) is 3.99. The van der Waals surface area contributed by atoms with E-state index in [4.69, 9.17) is 9.47 Å². The molecular weight excluding hydrogens is 302 g/mol. The minimum absolute atomic E-state index is 0.0159. The van der Waals surface area contributed by atoms with Crippen molar-refractivity contribution in [1.29, 1.82) is 0 Å². The van der Waals surface area contributed by atoms with E-state index in [2.05, 4.69) is 25.8 Å². The maximum atomic E-state index is 10.1. The molecule has 1 N–H and O–H groups in total. The van der Waals surface area contributed by atoms with Gasteiger partial charge in [-0.1, -0.05) is 18.7 Å². The number of ether oxygens (including phenoxy) is 2. The molecule has 1 unspecified atom stereocenters. The number of benzene rings is 1. The summed E-state index contributed by atoms with van der Waals surface area (Å²) in [5.41, 5.74) is 2.47. The van der Waals surface area contributed by atoms with E-state index in [-0.39, 0.29) is 11.5 Å². The van der Waals surface area contributed by atoms with Gasteiger partial charge in [-0.2, -0.15) is 0 Å². The Morgan fingerprint density at radius 1 is 1.50 bits per heavy atom. The highest BCUT2D eigenvalue weighted by Crippen LogP contribution is 2.56. The quantitative estimate of drug-likeness (QED) is 0.685. The van der Waals surface area contributed by atoms with E-state index in [1.807, 2.05) is 18.2 Å². The molecule has 4 nitrogen and oxygen atoms in total. The lowest BCUT2D eigenvalue weighted by Crippen LogP contribution is -2.47. The van der Waals surface area contributed by atoms with Gasteiger partial charge in [-0.15, -0.1) is 0 Å². The van der Waals surface area contributed by atoms with Gasteiger partial charge in [0.05, 0.1) is 38.8 Å². The summed E-state index contributed by atoms with van der Waals surface area (Å²) in [4.78, 5) is 0. The van der Waals surface area contributed by atoms with Crippen molar-refractivity contribution in [3.8, 4) is 11.5 Å². The molecule has 1 spiro atoms. The predicted molar refractivity (Wildman–Crippen MR) is 93.3 cm³/mol. The molecule has 128 valence electrons. The maximum absolute atomic E-state index is 10.1. The lowest BCUT2D eigenvalue weighted by Gasteiger charge is -2.37. The Morgan fingerprint density at radius 3 is 3.08 bits per heavy atom. The zero-order chi connectivity index (χ0) is 16.9. The second-order valence-corrected chi connectivity index (χ2v) is 7.66. The Labute approximate surface area is 143 Å². The molecule has 1 aromatic rings. The molecule has 0 fully saturated rings. The molecule has 0 amide bonds. The molecule has 0 aromatic heterocycles. The van der Waals surface area contributed by atoms with Crippen LogP contribution < -0.4 is 9.47 Å². The summed E-state index contributed by atoms with van der Waals surface area (Å²) < 4.78 is 12.9. The fourth-order valence-electron chi connectivity index (χ4n) is 4.74. The Bertz CT molecular complexity index is 713. The van der Waals surface area contributed by atoms with Crippen LogP contribution in [-0.2, 0) is 12.0 Å². The summed E-state index contributed by atoms with van der Waals surface area (Å²) in [6.45, 7) is 6.92. The first kappa shape index (κ1) is 15.7. The van der Waals surface area contributed by atoms with Gasteiger partial charge in [0.25, 0.3) is 0 Å². The van der Waals surface area contributed by atoms with E-state index in [9.17, 15) is 5.11 Å². The van der Waals surface area contributed by atoms with E-state index < -0.39 is 6.10 Å². The zero-order valence-corrected chi connectivity index (χ0v) is 14.5. The monoisotopic (exact) mass is 328 g/mol. The van der Waals surface area contributed by atoms with E-state index >= 15 is 0 Å². The Balaban J connectivity index is 1.91. The number of hydrogen-bond acceptors (Lipinski definition) is 3. The summed E-state index contributed by atoms with van der Waals surface area (Å²) in [5, 5.41) is 10.1. The first-order valence-electron chi connectivity index (χ1n) is 8.70. The van der Waals surface area contributed by atoms with Gasteiger partial charge in [-0.05, 0) is 18.2 Å². The predicted octanol–water partition coefficient (Wildman–Crippen LogP) is 2.55. The lowest BCUT2D eigenvalue weighted by molar-refractivity contribution is -0.917. The number of quaternary nitrogens is 1. The number of hydrogen-bond donors (Lipinski definition) is 1. The van der Waals surface area contributed by atoms with E-state index in [0.29, 0.717) is 6.42 Å². The molecule has 1 aromatic carbocycles. The number of aliphatic hydroxyl groups excluding tert-OH is 1. The van der Waals surface area contributed by atoms with Crippen LogP contribution in [0.4, 0.5) is 0 Å². The molecule has 0 bridgehead atoms. The van der Waals surface area contributed by atoms with Crippen molar-refractivity contribution >= 4 is 0 Å². The number of nitrogens with zero attached hydrogens (tertiary/aromatic N) is 1. The van der Waals surface area contributed by atoms with E-state index in [0.717, 1.165) is 42.0 Å². The van der Waals surface area contributed by atoms with Crippen LogP contribution >= 0.6 is 0 Å². The average molecular weight is 328 g/mol. The van der Waals surface area contributed by atoms with Crippen LogP contribution in [0.15, 0.2) is 36.9 Å². The number of aliphatic hydroxyl groups is 1. The van der Waals surface area contributed by atoms with Crippen LogP contribution in [0.2, 0.25) is 0 Å². The van der Waals surface area contributed by atoms with Crippen molar-refractivity contribution in [3.05, 3.63) is 48.1 Å². The molecule has 4 atom stereocenters. The summed E-state index contributed by atoms with van der Waals surface area (Å²) in [5.74, 6) is 1.68. The minimum Gasteiger partial charge on any atom is -0.493 e. The molecule has 0 radical (unpaired) electrons. The molecule has 24 heavy (non-hydrogen) atoms. The van der Waals surface area contributed by atoms with Gasteiger partial charge in [0, 0.05) is 24.0 Å². The minimum atomic E-state index is -0.429. The second-order valence-electron chi connectivity index (χ2n) is 7.66. The number of methoxy groups -OCH3 is 1. The molecule has 3 aliphatic rings. The topological polar surface area (TPSA) is 38.7 Å². The summed E-state index contributed by atoms with van der Waals surface area (Å²) in [6.07, 6.45) is 7.37. The van der Waals surface area contributed by atoms with Crippen molar-refractivity contribution < 1.29 is 19.1 Å². The smallest absolute Gasteiger partial charge is 0.166 e. The van der Waals surface area contributed by atoms with Gasteiger partial charge in [-0.3, -0.25) is 0 Å². The summed E-state index contributed by atoms with van der Waals surface area (Å²) in [6, 6.07) is 4.21. The SMILES string of the molecule is C=CC[N+]1(C)CC[C@@]23C=C[C@H](O)C[C@@H]2Oc2c(OC)ccc(c23)C1. The molecular formula is C20H26NO3+. The number of rotatable bonds is 3. The van der Waals surface area contributed by atoms with Gasteiger partial charge in [0.15, 0.2) is 11.5 Å². The van der Waals surface area contributed by atoms with Crippen LogP contribution in [-0.4, -0.2) is 49.0 Å². The van der Waals surface area contributed by atoms with Crippen LogP contribution in [0.25, 0.3) is 0 Å². The Hall–Kier alpha value is -1.78. The molecule has 2 aliphatic heterocycles. The third kappa shape index (κ3) is 2.13. The number of likely N-dealkylation sites (N-methyl/N-ethyl adjacent to an activating group) is 1. The van der Waals surface area contributed by atoms with Crippen LogP contribution in [0.5, 0.6) is 11.5 Å². The lowest BCUT2D eigenvalue weighted by atomic mass is 9.69. The highest BCUT2D eigenvalue weighted by atomic mass is 16.5. The van der Waals surface area contributed by atoms with Gasteiger partial charge in [0.2, 0.25) is 0 Å². The van der Waals surface area contributed by atoms with Crippen LogP contribution in [0, 0.1) is 0 Å². The van der Waals surface area contributed by atoms with Crippen LogP contribution in [0.1, 0.15) is 24.0 Å². The maximum Gasteiger partial charge on any atom is 0.166 e. The Morgan fingerprint density at radius 2 is 2.33 bits per heavy atom. The molecule has 4 heteroatoms. The van der Waals surface area contributed by atoms with Gasteiger partial charge < -0.3 is 19.1 Å². The second kappa shape index (κ2) is 5.36. The van der Waals surface area contributed by atoms with Crippen molar-refractivity contribution in [3.63, 3.8) is 0 Å². The normalized spacial score (nSPS) is 36.3. The van der Waals surface area contributed by atoms with Crippen LogP contribution in [0.3, 0.4) is 0 Å². The third-order valence-corrected chi connectivity index (χ3v) is 5.99. The highest BCUT2D eigenvalue weighted by molar-refractivity contribution is 5.60. The first-order valence-corrected chi connectivity index (χ1v) is 8.70. The standard InChI is InChI=1S/C20H26NO3/c1-4-10-21(2)11-9-20-8-7-15(22)12-17(20)24-19-16(23-3)6-5-14(13-21)18(19)20/h4-8,15,17,22H,1,9-13H2,2-3H3/q+1/t15-,17-,20-,21?/m0/s1. The van der Waals surface area contributed by atoms with Crippen molar-refractivity contribution in [2.24, 2.45) is 0 Å². The third-order valence-electron chi connectivity index (χ3n) is 5.99. The average Bonchev–Trinajstić information content (AvgIpc) is 2.82. The van der Waals surface area contributed by atoms with Crippen molar-refractivity contribution in [1.82, 2.24) is 0 Å². The molecule has 0 saturated carbocycles. The fourth-order valence-corrected chi connectivity index (χ4v) is 4.74. The first-order chi connectivity index (χ1) is 11.5. The fraction of sp³-hybridized carbons (Fsp3) is 0.500. The van der Waals surface area contributed by atoms with Gasteiger partial charge in [-0.25, -0.2) is 0 Å². The van der Waals surface area contributed by atoms with Gasteiger partial charge >= 0.3 is 0 Å². The Kier molecular flexibility index (Phi) is 3.52. The van der Waals surface area contributed by atoms with Crippen molar-refractivity contribution in [2.75, 3.05) is 27.2 Å². The summed E-state index contributed by atoms with van der Waals surface area (Å²) >= 11 is 0. The molecule has 4 rings (SSSR count). The van der Waals surface area contributed by atoms with E-state index in [1.165, 1.54) is 11.1 Å². The molecule has 0 saturated heterocycles. The highest BCUT2D eigenvalue weighted by Gasteiger charge is 2.54. The van der Waals surface area contributed by atoms with E-state index in [1.54, 1.807) is 7.11 Å². The zero-order valence-electron chi connectivity index (χ0n) is 14.5. The molecule has 2 heterocycles. The van der Waals surface area contributed by atoms with Gasteiger partial charge in [0.1, 0.15) is 12.6 Å². The molecule has 1 aliphatic carbocycles. The largest absolute Gasteiger partial charge is 0.493 e.